The van der Waals surface area contributed by atoms with E-state index < -0.39 is 0 Å². The number of nitrogens with one attached hydrogen (secondary N) is 1. The first-order chi connectivity index (χ1) is 8.83. The highest BCUT2D eigenvalue weighted by atomic mass is 15.3. The van der Waals surface area contributed by atoms with Gasteiger partial charge >= 0.3 is 0 Å². The maximum Gasteiger partial charge on any atom is 0.140 e. The second-order valence-electron chi connectivity index (χ2n) is 4.75. The lowest BCUT2D eigenvalue weighted by atomic mass is 10.3. The molecule has 3 rings (SSSR count). The molecule has 6 heteroatoms. The van der Waals surface area contributed by atoms with Crippen LogP contribution in [0.2, 0.25) is 0 Å². The Morgan fingerprint density at radius 2 is 2.28 bits per heavy atom. The predicted octanol–water partition coefficient (Wildman–Crippen LogP) is 0.506. The minimum Gasteiger partial charge on any atom is -0.307 e. The van der Waals surface area contributed by atoms with Gasteiger partial charge in [-0.2, -0.15) is 10.2 Å². The fourth-order valence-corrected chi connectivity index (χ4v) is 2.00. The average molecular weight is 246 g/mol. The molecule has 0 unspecified atom stereocenters. The van der Waals surface area contributed by atoms with Crippen molar-refractivity contribution in [1.82, 2.24) is 29.9 Å². The molecule has 0 radical (unpaired) electrons. The maximum atomic E-state index is 4.31. The third-order valence-electron chi connectivity index (χ3n) is 3.32. The molecule has 96 valence electrons. The molecule has 0 bridgehead atoms. The quantitative estimate of drug-likeness (QED) is 0.806. The molecule has 1 saturated carbocycles. The molecule has 0 spiro atoms. The van der Waals surface area contributed by atoms with Gasteiger partial charge in [0.15, 0.2) is 0 Å². The van der Waals surface area contributed by atoms with Crippen LogP contribution in [0.25, 0.3) is 0 Å². The van der Waals surface area contributed by atoms with Gasteiger partial charge in [-0.3, -0.25) is 4.68 Å². The lowest BCUT2D eigenvalue weighted by Gasteiger charge is -2.07. The van der Waals surface area contributed by atoms with Crippen LogP contribution < -0.4 is 5.32 Å². The number of aromatic nitrogens is 5. The van der Waals surface area contributed by atoms with Gasteiger partial charge < -0.3 is 5.32 Å². The molecule has 18 heavy (non-hydrogen) atoms. The van der Waals surface area contributed by atoms with E-state index in [2.05, 4.69) is 20.5 Å². The van der Waals surface area contributed by atoms with Gasteiger partial charge in [-0.15, -0.1) is 0 Å². The van der Waals surface area contributed by atoms with Crippen molar-refractivity contribution in [2.24, 2.45) is 7.05 Å². The van der Waals surface area contributed by atoms with Crippen LogP contribution in [0.3, 0.4) is 0 Å². The van der Waals surface area contributed by atoms with E-state index in [0.29, 0.717) is 6.04 Å². The largest absolute Gasteiger partial charge is 0.307 e. The number of rotatable bonds is 6. The summed E-state index contributed by atoms with van der Waals surface area (Å²) in [6, 6.07) is 2.74. The van der Waals surface area contributed by atoms with E-state index in [1.54, 1.807) is 6.33 Å². The van der Waals surface area contributed by atoms with Crippen molar-refractivity contribution in [1.29, 1.82) is 0 Å². The highest BCUT2D eigenvalue weighted by molar-refractivity contribution is 5.00. The molecule has 2 aromatic heterocycles. The van der Waals surface area contributed by atoms with Gasteiger partial charge in [0, 0.05) is 37.9 Å². The zero-order chi connectivity index (χ0) is 12.4. The van der Waals surface area contributed by atoms with Gasteiger partial charge in [0.05, 0.1) is 6.54 Å². The van der Waals surface area contributed by atoms with Crippen LogP contribution in [0, 0.1) is 0 Å². The predicted molar refractivity (Wildman–Crippen MR) is 66.8 cm³/mol. The van der Waals surface area contributed by atoms with E-state index in [9.17, 15) is 0 Å². The first kappa shape index (κ1) is 11.4. The van der Waals surface area contributed by atoms with Crippen LogP contribution in [0.4, 0.5) is 0 Å². The Morgan fingerprint density at radius 3 is 3.00 bits per heavy atom. The minimum absolute atomic E-state index is 0.701. The fraction of sp³-hybridized carbons (Fsp3) is 0.583. The van der Waals surface area contributed by atoms with E-state index in [1.807, 2.05) is 28.7 Å². The number of nitrogens with zero attached hydrogens (tertiary/aromatic N) is 5. The van der Waals surface area contributed by atoms with Crippen molar-refractivity contribution >= 4 is 0 Å². The highest BCUT2D eigenvalue weighted by Gasteiger charge is 2.20. The Morgan fingerprint density at radius 1 is 1.39 bits per heavy atom. The summed E-state index contributed by atoms with van der Waals surface area (Å²) in [5.41, 5.74) is 1.21. The van der Waals surface area contributed by atoms with Gasteiger partial charge in [0.2, 0.25) is 0 Å². The molecule has 1 aliphatic carbocycles. The molecule has 1 N–H and O–H groups in total. The van der Waals surface area contributed by atoms with E-state index in [1.165, 1.54) is 18.5 Å². The van der Waals surface area contributed by atoms with Gasteiger partial charge in [0.1, 0.15) is 12.2 Å². The van der Waals surface area contributed by atoms with Crippen molar-refractivity contribution in [3.63, 3.8) is 0 Å². The van der Waals surface area contributed by atoms with Crippen molar-refractivity contribution in [3.8, 4) is 0 Å². The van der Waals surface area contributed by atoms with Crippen LogP contribution in [0.15, 0.2) is 18.6 Å². The molecule has 2 aromatic rings. The summed E-state index contributed by atoms with van der Waals surface area (Å²) in [5, 5.41) is 11.9. The molecule has 1 aliphatic rings. The van der Waals surface area contributed by atoms with Crippen molar-refractivity contribution in [2.75, 3.05) is 0 Å². The van der Waals surface area contributed by atoms with Crippen LogP contribution >= 0.6 is 0 Å². The van der Waals surface area contributed by atoms with Crippen LogP contribution in [0.5, 0.6) is 0 Å². The van der Waals surface area contributed by atoms with E-state index in [4.69, 9.17) is 0 Å². The van der Waals surface area contributed by atoms with Gasteiger partial charge in [-0.1, -0.05) is 0 Å². The van der Waals surface area contributed by atoms with Gasteiger partial charge in [0.25, 0.3) is 0 Å². The number of hydrogen-bond acceptors (Lipinski definition) is 4. The van der Waals surface area contributed by atoms with E-state index in [-0.39, 0.29) is 0 Å². The molecule has 0 aromatic carbocycles. The Hall–Kier alpha value is -1.69. The molecule has 1 fully saturated rings. The van der Waals surface area contributed by atoms with Crippen LogP contribution in [-0.4, -0.2) is 30.6 Å². The average Bonchev–Trinajstić information content (AvgIpc) is 2.94. The molecule has 0 saturated heterocycles. The SMILES string of the molecule is Cn1nccc1CCn1ncnc1CNC1CC1. The lowest BCUT2D eigenvalue weighted by Crippen LogP contribution is -2.20. The molecular formula is C12H18N6. The summed E-state index contributed by atoms with van der Waals surface area (Å²) in [7, 11) is 1.96. The first-order valence-corrected chi connectivity index (χ1v) is 6.40. The fourth-order valence-electron chi connectivity index (χ4n) is 2.00. The smallest absolute Gasteiger partial charge is 0.140 e. The first-order valence-electron chi connectivity index (χ1n) is 6.40. The van der Waals surface area contributed by atoms with E-state index in [0.717, 1.165) is 25.3 Å². The summed E-state index contributed by atoms with van der Waals surface area (Å²) < 4.78 is 3.88. The van der Waals surface area contributed by atoms with Crippen molar-refractivity contribution < 1.29 is 0 Å². The van der Waals surface area contributed by atoms with E-state index >= 15 is 0 Å². The second-order valence-corrected chi connectivity index (χ2v) is 4.75. The second kappa shape index (κ2) is 4.89. The standard InChI is InChI=1S/C12H18N6/c1-17-11(4-6-15-17)5-7-18-12(14-9-16-18)8-13-10-2-3-10/h4,6,9-10,13H,2-3,5,7-8H2,1H3. The van der Waals surface area contributed by atoms with Gasteiger partial charge in [-0.25, -0.2) is 9.67 Å². The summed E-state index contributed by atoms with van der Waals surface area (Å²) in [6.45, 7) is 1.66. The van der Waals surface area contributed by atoms with Gasteiger partial charge in [-0.05, 0) is 18.9 Å². The van der Waals surface area contributed by atoms with Crippen LogP contribution in [0.1, 0.15) is 24.4 Å². The molecule has 0 aliphatic heterocycles. The third kappa shape index (κ3) is 2.59. The van der Waals surface area contributed by atoms with Crippen LogP contribution in [-0.2, 0) is 26.6 Å². The molecule has 6 nitrogen and oxygen atoms in total. The van der Waals surface area contributed by atoms with Crippen molar-refractivity contribution in [2.45, 2.75) is 38.4 Å². The summed E-state index contributed by atoms with van der Waals surface area (Å²) in [4.78, 5) is 4.31. The third-order valence-corrected chi connectivity index (χ3v) is 3.32. The number of aryl methyl sites for hydroxylation is 3. The minimum atomic E-state index is 0.701. The normalized spacial score (nSPS) is 15.2. The zero-order valence-corrected chi connectivity index (χ0v) is 10.6. The summed E-state index contributed by atoms with van der Waals surface area (Å²) in [5.74, 6) is 1.02. The molecule has 0 amide bonds. The Bertz CT molecular complexity index is 510. The Balaban J connectivity index is 1.58. The number of hydrogen-bond donors (Lipinski definition) is 1. The monoisotopic (exact) mass is 246 g/mol. The zero-order valence-electron chi connectivity index (χ0n) is 10.6. The topological polar surface area (TPSA) is 60.6 Å². The molecule has 0 atom stereocenters. The Labute approximate surface area is 106 Å². The molecular weight excluding hydrogens is 228 g/mol. The molecule has 2 heterocycles. The highest BCUT2D eigenvalue weighted by Crippen LogP contribution is 2.18. The Kier molecular flexibility index (Phi) is 3.10. The van der Waals surface area contributed by atoms with Crippen molar-refractivity contribution in [3.05, 3.63) is 30.1 Å². The summed E-state index contributed by atoms with van der Waals surface area (Å²) in [6.07, 6.45) is 6.97. The maximum absolute atomic E-state index is 4.31. The lowest BCUT2D eigenvalue weighted by molar-refractivity contribution is 0.536. The summed E-state index contributed by atoms with van der Waals surface area (Å²) >= 11 is 0.